The molecule has 0 aliphatic carbocycles. The van der Waals surface area contributed by atoms with Crippen molar-refractivity contribution < 1.29 is 32.4 Å². The lowest BCUT2D eigenvalue weighted by atomic mass is 10.1. The summed E-state index contributed by atoms with van der Waals surface area (Å²) in [6.45, 7) is 2.71. The van der Waals surface area contributed by atoms with Gasteiger partial charge in [0.05, 0.1) is 22.8 Å². The zero-order valence-electron chi connectivity index (χ0n) is 20.8. The Hall–Kier alpha value is -4.49. The van der Waals surface area contributed by atoms with E-state index >= 15 is 0 Å². The third-order valence-corrected chi connectivity index (χ3v) is 5.79. The Morgan fingerprint density at radius 2 is 1.85 bits per heavy atom. The van der Waals surface area contributed by atoms with Crippen molar-refractivity contribution in [1.29, 1.82) is 0 Å². The van der Waals surface area contributed by atoms with Crippen LogP contribution in [-0.4, -0.2) is 45.4 Å². The summed E-state index contributed by atoms with van der Waals surface area (Å²) >= 11 is 5.81. The fraction of sp³-hybridized carbons (Fsp3) is 0.192. The second-order valence-electron chi connectivity index (χ2n) is 8.18. The van der Waals surface area contributed by atoms with E-state index in [4.69, 9.17) is 21.1 Å². The molecule has 0 unspecified atom stereocenters. The van der Waals surface area contributed by atoms with Crippen molar-refractivity contribution in [1.82, 2.24) is 14.8 Å². The monoisotopic (exact) mass is 575 g/mol. The van der Waals surface area contributed by atoms with Crippen LogP contribution in [0.25, 0.3) is 17.1 Å². The number of rotatable bonds is 10. The molecule has 0 fully saturated rings. The largest absolute Gasteiger partial charge is 0.460 e. The molecule has 0 saturated carbocycles. The molecule has 0 aliphatic rings. The highest BCUT2D eigenvalue weighted by Gasteiger charge is 2.31. The Labute approximate surface area is 230 Å². The van der Waals surface area contributed by atoms with Gasteiger partial charge in [-0.05, 0) is 55.5 Å². The maximum Gasteiger partial charge on any atom is 0.416 e. The van der Waals surface area contributed by atoms with Crippen molar-refractivity contribution in [3.63, 3.8) is 0 Å². The first-order valence-electron chi connectivity index (χ1n) is 11.8. The number of aromatic nitrogens is 3. The van der Waals surface area contributed by atoms with Gasteiger partial charge in [-0.25, -0.2) is 4.68 Å². The van der Waals surface area contributed by atoms with Crippen LogP contribution >= 0.6 is 11.6 Å². The maximum absolute atomic E-state index is 13.3. The smallest absolute Gasteiger partial charge is 0.416 e. The van der Waals surface area contributed by atoms with Crippen molar-refractivity contribution in [3.05, 3.63) is 93.0 Å². The number of nitro groups is 1. The topological polar surface area (TPSA) is 121 Å². The SMILES string of the molecule is CCOCCOc1nc(-c2cccc(C(F)(F)F)c2)n(-c2ccc(NC(=O)c3ccc(Cl)c([N+](=O)[O-])c3)cc2)n1. The highest BCUT2D eigenvalue weighted by atomic mass is 35.5. The number of carbonyl (C=O) groups excluding carboxylic acids is 1. The first-order valence-corrected chi connectivity index (χ1v) is 12.2. The number of nitrogens with one attached hydrogen (secondary N) is 1. The number of hydrogen-bond donors (Lipinski definition) is 1. The first-order chi connectivity index (χ1) is 19.1. The van der Waals surface area contributed by atoms with Crippen LogP contribution in [0.5, 0.6) is 6.01 Å². The molecule has 0 bridgehead atoms. The van der Waals surface area contributed by atoms with Crippen LogP contribution in [0, 0.1) is 10.1 Å². The molecule has 3 aromatic carbocycles. The van der Waals surface area contributed by atoms with Gasteiger partial charge in [0, 0.05) is 29.5 Å². The van der Waals surface area contributed by atoms with Crippen LogP contribution in [0.4, 0.5) is 24.5 Å². The van der Waals surface area contributed by atoms with E-state index in [0.29, 0.717) is 18.0 Å². The van der Waals surface area contributed by atoms with Crippen LogP contribution < -0.4 is 10.1 Å². The molecule has 0 spiro atoms. The van der Waals surface area contributed by atoms with Gasteiger partial charge in [0.15, 0.2) is 5.82 Å². The molecule has 4 aromatic rings. The first kappa shape index (κ1) is 28.5. The van der Waals surface area contributed by atoms with Gasteiger partial charge in [0.2, 0.25) is 0 Å². The van der Waals surface area contributed by atoms with Crippen molar-refractivity contribution in [2.75, 3.05) is 25.1 Å². The van der Waals surface area contributed by atoms with Crippen molar-refractivity contribution in [2.45, 2.75) is 13.1 Å². The van der Waals surface area contributed by atoms with E-state index in [-0.39, 0.29) is 41.2 Å². The Morgan fingerprint density at radius 3 is 2.52 bits per heavy atom. The number of alkyl halides is 3. The molecule has 1 N–H and O–H groups in total. The van der Waals surface area contributed by atoms with E-state index in [9.17, 15) is 28.1 Å². The van der Waals surface area contributed by atoms with Gasteiger partial charge >= 0.3 is 12.2 Å². The Balaban J connectivity index is 1.62. The zero-order chi connectivity index (χ0) is 28.9. The van der Waals surface area contributed by atoms with Crippen LogP contribution in [-0.2, 0) is 10.9 Å². The number of nitro benzene ring substituents is 1. The van der Waals surface area contributed by atoms with Crippen molar-refractivity contribution >= 4 is 28.9 Å². The fourth-order valence-corrected chi connectivity index (χ4v) is 3.76. The average Bonchev–Trinajstić information content (AvgIpc) is 3.35. The second kappa shape index (κ2) is 12.1. The summed E-state index contributed by atoms with van der Waals surface area (Å²) in [5, 5.41) is 17.9. The highest BCUT2D eigenvalue weighted by Crippen LogP contribution is 2.33. The van der Waals surface area contributed by atoms with E-state index < -0.39 is 28.3 Å². The van der Waals surface area contributed by atoms with Gasteiger partial charge in [0.25, 0.3) is 11.6 Å². The molecule has 0 radical (unpaired) electrons. The number of halogens is 4. The molecule has 40 heavy (non-hydrogen) atoms. The summed E-state index contributed by atoms with van der Waals surface area (Å²) < 4.78 is 52.1. The molecule has 0 aliphatic heterocycles. The van der Waals surface area contributed by atoms with E-state index in [1.54, 1.807) is 12.1 Å². The molecule has 14 heteroatoms. The minimum absolute atomic E-state index is 0.0251. The van der Waals surface area contributed by atoms with E-state index in [2.05, 4.69) is 15.4 Å². The van der Waals surface area contributed by atoms with Gasteiger partial charge in [-0.3, -0.25) is 14.9 Å². The zero-order valence-corrected chi connectivity index (χ0v) is 21.6. The van der Waals surface area contributed by atoms with Gasteiger partial charge in [0.1, 0.15) is 11.6 Å². The van der Waals surface area contributed by atoms with Crippen LogP contribution in [0.2, 0.25) is 5.02 Å². The number of amides is 1. The number of hydrogen-bond acceptors (Lipinski definition) is 7. The predicted octanol–water partition coefficient (Wildman–Crippen LogP) is 6.18. The lowest BCUT2D eigenvalue weighted by molar-refractivity contribution is -0.384. The lowest BCUT2D eigenvalue weighted by Crippen LogP contribution is -2.12. The van der Waals surface area contributed by atoms with E-state index in [1.165, 1.54) is 41.1 Å². The standard InChI is InChI=1S/C26H21ClF3N5O5/c1-2-39-12-13-40-25-32-23(16-4-3-5-18(14-16)26(28,29)30)34(33-25)20-9-7-19(8-10-20)31-24(36)17-6-11-21(27)22(15-17)35(37)38/h3-11,14-15H,2,12-13H2,1H3,(H,31,36). The molecule has 0 saturated heterocycles. The normalized spacial score (nSPS) is 11.3. The van der Waals surface area contributed by atoms with Gasteiger partial charge in [-0.15, -0.1) is 5.10 Å². The number of benzene rings is 3. The van der Waals surface area contributed by atoms with E-state index in [0.717, 1.165) is 18.2 Å². The summed E-state index contributed by atoms with van der Waals surface area (Å²) in [7, 11) is 0. The number of anilines is 1. The third-order valence-electron chi connectivity index (χ3n) is 5.47. The molecule has 1 heterocycles. The molecule has 208 valence electrons. The molecular formula is C26H21ClF3N5O5. The maximum atomic E-state index is 13.3. The number of carbonyl (C=O) groups is 1. The molecule has 1 aromatic heterocycles. The number of ether oxygens (including phenoxy) is 2. The second-order valence-corrected chi connectivity index (χ2v) is 8.59. The average molecular weight is 576 g/mol. The summed E-state index contributed by atoms with van der Waals surface area (Å²) in [6, 6.07) is 14.5. The predicted molar refractivity (Wildman–Crippen MR) is 140 cm³/mol. The molecular weight excluding hydrogens is 555 g/mol. The van der Waals surface area contributed by atoms with Crippen LogP contribution in [0.15, 0.2) is 66.7 Å². The quantitative estimate of drug-likeness (QED) is 0.136. The molecule has 0 atom stereocenters. The lowest BCUT2D eigenvalue weighted by Gasteiger charge is -2.10. The van der Waals surface area contributed by atoms with Gasteiger partial charge < -0.3 is 14.8 Å². The highest BCUT2D eigenvalue weighted by molar-refractivity contribution is 6.32. The molecule has 10 nitrogen and oxygen atoms in total. The number of nitrogens with zero attached hydrogens (tertiary/aromatic N) is 4. The van der Waals surface area contributed by atoms with Crippen LogP contribution in [0.1, 0.15) is 22.8 Å². The summed E-state index contributed by atoms with van der Waals surface area (Å²) in [4.78, 5) is 27.4. The third kappa shape index (κ3) is 6.74. The molecule has 4 rings (SSSR count). The fourth-order valence-electron chi connectivity index (χ4n) is 3.58. The summed E-state index contributed by atoms with van der Waals surface area (Å²) in [6.07, 6.45) is -4.55. The van der Waals surface area contributed by atoms with Crippen LogP contribution in [0.3, 0.4) is 0 Å². The Kier molecular flexibility index (Phi) is 8.65. The Morgan fingerprint density at radius 1 is 1.10 bits per heavy atom. The Bertz CT molecular complexity index is 1530. The van der Waals surface area contributed by atoms with E-state index in [1.807, 2.05) is 6.92 Å². The summed E-state index contributed by atoms with van der Waals surface area (Å²) in [5.41, 5.74) is -0.308. The van der Waals surface area contributed by atoms with Gasteiger partial charge in [-0.2, -0.15) is 18.2 Å². The minimum Gasteiger partial charge on any atom is -0.460 e. The summed E-state index contributed by atoms with van der Waals surface area (Å²) in [5.74, 6) is -0.509. The van der Waals surface area contributed by atoms with Crippen molar-refractivity contribution in [2.24, 2.45) is 0 Å². The molecule has 1 amide bonds. The van der Waals surface area contributed by atoms with Crippen molar-refractivity contribution in [3.8, 4) is 23.1 Å². The minimum atomic E-state index is -4.55. The van der Waals surface area contributed by atoms with Gasteiger partial charge in [-0.1, -0.05) is 23.7 Å².